The number of amides is 1. The maximum Gasteiger partial charge on any atom is 0.253 e. The molecule has 3 aliphatic rings. The Bertz CT molecular complexity index is 1260. The maximum atomic E-state index is 13.6. The second-order valence-electron chi connectivity index (χ2n) is 11.9. The van der Waals surface area contributed by atoms with Gasteiger partial charge in [0.2, 0.25) is 0 Å². The van der Waals surface area contributed by atoms with E-state index >= 15 is 0 Å². The van der Waals surface area contributed by atoms with Crippen LogP contribution in [0.25, 0.3) is 0 Å². The van der Waals surface area contributed by atoms with Gasteiger partial charge >= 0.3 is 0 Å². The van der Waals surface area contributed by atoms with E-state index in [1.54, 1.807) is 0 Å². The van der Waals surface area contributed by atoms with Gasteiger partial charge in [-0.15, -0.1) is 0 Å². The number of pyridine rings is 1. The third kappa shape index (κ3) is 7.13. The molecule has 224 valence electrons. The molecule has 41 heavy (non-hydrogen) atoms. The molecule has 1 aliphatic carbocycles. The van der Waals surface area contributed by atoms with Crippen molar-refractivity contribution in [1.29, 1.82) is 0 Å². The molecule has 0 atom stereocenters. The van der Waals surface area contributed by atoms with Crippen LogP contribution < -0.4 is 20.5 Å². The topological polar surface area (TPSA) is 96.1 Å². The zero-order valence-corrected chi connectivity index (χ0v) is 25.1. The summed E-state index contributed by atoms with van der Waals surface area (Å²) in [4.78, 5) is 33.9. The van der Waals surface area contributed by atoms with E-state index in [-0.39, 0.29) is 24.1 Å². The number of anilines is 1. The van der Waals surface area contributed by atoms with Gasteiger partial charge in [-0.05, 0) is 82.6 Å². The first-order valence-corrected chi connectivity index (χ1v) is 15.3. The van der Waals surface area contributed by atoms with Crippen LogP contribution in [0.5, 0.6) is 5.75 Å². The number of aromatic nitrogens is 1. The number of aromatic amines is 1. The highest BCUT2D eigenvalue weighted by Crippen LogP contribution is 2.37. The van der Waals surface area contributed by atoms with E-state index in [1.165, 1.54) is 0 Å². The number of carbonyl (C=O) groups excluding carboxylic acids is 1. The fourth-order valence-electron chi connectivity index (χ4n) is 6.52. The number of H-pyrrole nitrogens is 1. The summed E-state index contributed by atoms with van der Waals surface area (Å²) in [6, 6.07) is 6.29. The quantitative estimate of drug-likeness (QED) is 0.453. The number of hydrogen-bond acceptors (Lipinski definition) is 7. The Morgan fingerprint density at radius 1 is 1.07 bits per heavy atom. The van der Waals surface area contributed by atoms with Crippen molar-refractivity contribution in [1.82, 2.24) is 15.2 Å². The van der Waals surface area contributed by atoms with E-state index in [1.807, 2.05) is 32.9 Å². The molecule has 2 N–H and O–H groups in total. The zero-order valence-electron chi connectivity index (χ0n) is 25.1. The molecule has 0 spiro atoms. The number of ether oxygens (including phenoxy) is 3. The van der Waals surface area contributed by atoms with Gasteiger partial charge in [-0.25, -0.2) is 0 Å². The summed E-state index contributed by atoms with van der Waals surface area (Å²) in [5.74, 6) is 1.17. The van der Waals surface area contributed by atoms with Crippen molar-refractivity contribution < 1.29 is 19.0 Å². The van der Waals surface area contributed by atoms with Gasteiger partial charge in [0, 0.05) is 80.6 Å². The maximum absolute atomic E-state index is 13.6. The fraction of sp³-hybridized carbons (Fsp3) is 0.625. The Morgan fingerprint density at radius 2 is 1.78 bits per heavy atom. The highest BCUT2D eigenvalue weighted by molar-refractivity contribution is 5.97. The Balaban J connectivity index is 1.34. The molecule has 2 saturated heterocycles. The van der Waals surface area contributed by atoms with Crippen molar-refractivity contribution in [3.05, 3.63) is 56.5 Å². The molecule has 2 aliphatic heterocycles. The van der Waals surface area contributed by atoms with Crippen molar-refractivity contribution in [3.8, 4) is 5.75 Å². The molecule has 9 heteroatoms. The van der Waals surface area contributed by atoms with Crippen LogP contribution >= 0.6 is 0 Å². The van der Waals surface area contributed by atoms with E-state index in [2.05, 4.69) is 33.1 Å². The van der Waals surface area contributed by atoms with E-state index < -0.39 is 0 Å². The number of aryl methyl sites for hydroxylation is 2. The number of rotatable bonds is 10. The van der Waals surface area contributed by atoms with Gasteiger partial charge in [-0.2, -0.15) is 0 Å². The summed E-state index contributed by atoms with van der Waals surface area (Å²) < 4.78 is 17.6. The summed E-state index contributed by atoms with van der Waals surface area (Å²) in [6.07, 6.45) is 4.12. The van der Waals surface area contributed by atoms with E-state index in [9.17, 15) is 9.59 Å². The first kappa shape index (κ1) is 29.6. The molecule has 1 aromatic carbocycles. The van der Waals surface area contributed by atoms with Gasteiger partial charge in [0.15, 0.2) is 0 Å². The zero-order chi connectivity index (χ0) is 28.9. The molecule has 5 rings (SSSR count). The molecule has 0 radical (unpaired) electrons. The van der Waals surface area contributed by atoms with E-state index in [4.69, 9.17) is 14.2 Å². The van der Waals surface area contributed by atoms with Crippen molar-refractivity contribution in [2.45, 2.75) is 72.1 Å². The molecule has 9 nitrogen and oxygen atoms in total. The molecule has 0 bridgehead atoms. The smallest absolute Gasteiger partial charge is 0.253 e. The highest BCUT2D eigenvalue weighted by atomic mass is 16.5. The molecule has 3 fully saturated rings. The molecule has 3 heterocycles. The molecular weight excluding hydrogens is 520 g/mol. The van der Waals surface area contributed by atoms with Gasteiger partial charge in [-0.1, -0.05) is 0 Å². The van der Waals surface area contributed by atoms with Gasteiger partial charge in [0.05, 0.1) is 19.3 Å². The van der Waals surface area contributed by atoms with Crippen LogP contribution in [0.3, 0.4) is 0 Å². The molecule has 0 unspecified atom stereocenters. The van der Waals surface area contributed by atoms with Gasteiger partial charge < -0.3 is 29.4 Å². The van der Waals surface area contributed by atoms with Crippen LogP contribution in [0.1, 0.15) is 65.3 Å². The summed E-state index contributed by atoms with van der Waals surface area (Å²) in [6.45, 7) is 15.2. The average molecular weight is 567 g/mol. The summed E-state index contributed by atoms with van der Waals surface area (Å²) in [5.41, 5.74) is 4.65. The summed E-state index contributed by atoms with van der Waals surface area (Å²) in [5, 5.41) is 3.01. The molecule has 2 aromatic rings. The molecule has 1 amide bonds. The minimum absolute atomic E-state index is 0.152. The minimum atomic E-state index is -0.199. The predicted octanol–water partition coefficient (Wildman–Crippen LogP) is 3.73. The van der Waals surface area contributed by atoms with Crippen LogP contribution in [0, 0.1) is 26.7 Å². The number of nitrogens with one attached hydrogen (secondary N) is 2. The van der Waals surface area contributed by atoms with Crippen LogP contribution in [-0.2, 0) is 16.0 Å². The Morgan fingerprint density at radius 3 is 2.46 bits per heavy atom. The predicted molar refractivity (Wildman–Crippen MR) is 160 cm³/mol. The second-order valence-corrected chi connectivity index (χ2v) is 11.9. The monoisotopic (exact) mass is 566 g/mol. The second kappa shape index (κ2) is 13.4. The van der Waals surface area contributed by atoms with E-state index in [0.29, 0.717) is 23.1 Å². The van der Waals surface area contributed by atoms with Crippen molar-refractivity contribution in [3.63, 3.8) is 0 Å². The standard InChI is InChI=1S/C32H46N4O5/c1-5-36(25-6-10-39-11-7-25)30-18-27(41-26-15-24(16-26)20-35-8-12-40-13-9-35)17-28(23(30)4)31(37)33-19-29-21(2)14-22(3)34-32(29)38/h14,17-18,24-26H,5-13,15-16,19-20H2,1-4H3,(H,33,37)(H,34,38)/t24-,26-. The molecule has 1 aromatic heterocycles. The van der Waals surface area contributed by atoms with Crippen LogP contribution in [-0.4, -0.2) is 80.5 Å². The fourth-order valence-corrected chi connectivity index (χ4v) is 6.52. The van der Waals surface area contributed by atoms with Gasteiger partial charge in [-0.3, -0.25) is 14.5 Å². The Kier molecular flexibility index (Phi) is 9.68. The van der Waals surface area contributed by atoms with Crippen molar-refractivity contribution >= 4 is 11.6 Å². The highest BCUT2D eigenvalue weighted by Gasteiger charge is 2.33. The first-order valence-electron chi connectivity index (χ1n) is 15.3. The lowest BCUT2D eigenvalue weighted by atomic mass is 9.81. The summed E-state index contributed by atoms with van der Waals surface area (Å²) in [7, 11) is 0. The van der Waals surface area contributed by atoms with Gasteiger partial charge in [0.25, 0.3) is 11.5 Å². The third-order valence-corrected chi connectivity index (χ3v) is 8.91. The lowest BCUT2D eigenvalue weighted by molar-refractivity contribution is 0.000119. The third-order valence-electron chi connectivity index (χ3n) is 8.91. The lowest BCUT2D eigenvalue weighted by Gasteiger charge is -2.40. The molecule has 1 saturated carbocycles. The number of benzene rings is 1. The number of morpholine rings is 1. The lowest BCUT2D eigenvalue weighted by Crippen LogP contribution is -2.45. The minimum Gasteiger partial charge on any atom is -0.490 e. The van der Waals surface area contributed by atoms with Crippen LogP contribution in [0.4, 0.5) is 5.69 Å². The Labute approximate surface area is 243 Å². The molecular formula is C32H46N4O5. The van der Waals surface area contributed by atoms with E-state index in [0.717, 1.165) is 107 Å². The summed E-state index contributed by atoms with van der Waals surface area (Å²) >= 11 is 0. The van der Waals surface area contributed by atoms with Crippen LogP contribution in [0.15, 0.2) is 23.0 Å². The number of hydrogen-bond donors (Lipinski definition) is 2. The van der Waals surface area contributed by atoms with Crippen molar-refractivity contribution in [2.24, 2.45) is 5.92 Å². The van der Waals surface area contributed by atoms with Crippen LogP contribution in [0.2, 0.25) is 0 Å². The SMILES string of the molecule is CCN(c1cc(O[C@H]2C[C@H](CN3CCOCC3)C2)cc(C(=O)NCc2c(C)cc(C)[nH]c2=O)c1C)C1CCOCC1. The largest absolute Gasteiger partial charge is 0.490 e. The first-order chi connectivity index (χ1) is 19.8. The Hall–Kier alpha value is -2.88. The van der Waals surface area contributed by atoms with Gasteiger partial charge in [0.1, 0.15) is 5.75 Å². The number of carbonyl (C=O) groups is 1. The normalized spacial score (nSPS) is 21.8. The number of nitrogens with zero attached hydrogens (tertiary/aromatic N) is 2. The average Bonchev–Trinajstić information content (AvgIpc) is 2.94. The van der Waals surface area contributed by atoms with Crippen molar-refractivity contribution in [2.75, 3.05) is 57.5 Å².